The zero-order valence-electron chi connectivity index (χ0n) is 12.3. The lowest BCUT2D eigenvalue weighted by molar-refractivity contribution is 0.135. The predicted octanol–water partition coefficient (Wildman–Crippen LogP) is 1.03. The third-order valence-electron chi connectivity index (χ3n) is 3.95. The number of nitrogens with zero attached hydrogens (tertiary/aromatic N) is 2. The standard InChI is InChI=1S/C14H21FN2O3S/c1-3-16-6-7-17(9-11(16)2)21(19,20)14-8-13(15)5-4-12(14)10-18/h4-5,8,11,18H,3,6-7,9-10H2,1-2H3. The SMILES string of the molecule is CCN1CCN(S(=O)(=O)c2cc(F)ccc2CO)CC1C. The van der Waals surface area contributed by atoms with Gasteiger partial charge in [-0.2, -0.15) is 4.31 Å². The molecule has 1 aliphatic rings. The molecule has 1 aromatic rings. The Kier molecular flexibility index (Phi) is 4.98. The van der Waals surface area contributed by atoms with E-state index in [1.54, 1.807) is 0 Å². The zero-order valence-corrected chi connectivity index (χ0v) is 13.1. The Balaban J connectivity index is 2.33. The molecule has 0 spiro atoms. The first kappa shape index (κ1) is 16.4. The molecule has 1 unspecified atom stereocenters. The van der Waals surface area contributed by atoms with Gasteiger partial charge < -0.3 is 5.11 Å². The lowest BCUT2D eigenvalue weighted by Crippen LogP contribution is -2.53. The van der Waals surface area contributed by atoms with Gasteiger partial charge in [0.2, 0.25) is 10.0 Å². The van der Waals surface area contributed by atoms with Gasteiger partial charge in [-0.3, -0.25) is 4.90 Å². The van der Waals surface area contributed by atoms with Crippen LogP contribution in [0.25, 0.3) is 0 Å². The molecule has 0 radical (unpaired) electrons. The van der Waals surface area contributed by atoms with E-state index in [0.717, 1.165) is 18.7 Å². The van der Waals surface area contributed by atoms with Crippen LogP contribution in [0.2, 0.25) is 0 Å². The number of benzene rings is 1. The van der Waals surface area contributed by atoms with Crippen molar-refractivity contribution in [3.8, 4) is 0 Å². The first-order valence-corrected chi connectivity index (χ1v) is 8.47. The van der Waals surface area contributed by atoms with Crippen LogP contribution in [0.15, 0.2) is 23.1 Å². The number of hydrogen-bond acceptors (Lipinski definition) is 4. The van der Waals surface area contributed by atoms with Crippen molar-refractivity contribution in [1.29, 1.82) is 0 Å². The van der Waals surface area contributed by atoms with E-state index in [9.17, 15) is 17.9 Å². The summed E-state index contributed by atoms with van der Waals surface area (Å²) in [6.45, 7) is 5.86. The Labute approximate surface area is 125 Å². The molecule has 21 heavy (non-hydrogen) atoms. The Morgan fingerprint density at radius 1 is 1.38 bits per heavy atom. The van der Waals surface area contributed by atoms with E-state index in [2.05, 4.69) is 4.90 Å². The molecule has 0 aliphatic carbocycles. The van der Waals surface area contributed by atoms with Gasteiger partial charge in [-0.15, -0.1) is 0 Å². The molecule has 1 aliphatic heterocycles. The number of aliphatic hydroxyl groups is 1. The second-order valence-corrected chi connectivity index (χ2v) is 7.16. The van der Waals surface area contributed by atoms with Crippen molar-refractivity contribution in [2.45, 2.75) is 31.4 Å². The summed E-state index contributed by atoms with van der Waals surface area (Å²) < 4.78 is 40.2. The van der Waals surface area contributed by atoms with E-state index in [1.807, 2.05) is 13.8 Å². The number of halogens is 1. The number of likely N-dealkylation sites (N-methyl/N-ethyl adjacent to an activating group) is 1. The Hall–Kier alpha value is -1.02. The normalized spacial score (nSPS) is 21.6. The summed E-state index contributed by atoms with van der Waals surface area (Å²) in [6.07, 6.45) is 0. The minimum Gasteiger partial charge on any atom is -0.392 e. The minimum atomic E-state index is -3.79. The smallest absolute Gasteiger partial charge is 0.243 e. The van der Waals surface area contributed by atoms with Crippen LogP contribution in [0.4, 0.5) is 4.39 Å². The minimum absolute atomic E-state index is 0.115. The highest BCUT2D eigenvalue weighted by molar-refractivity contribution is 7.89. The fourth-order valence-electron chi connectivity index (χ4n) is 2.69. The van der Waals surface area contributed by atoms with Crippen molar-refractivity contribution in [2.24, 2.45) is 0 Å². The molecule has 118 valence electrons. The molecule has 0 saturated carbocycles. The first-order chi connectivity index (χ1) is 9.90. The monoisotopic (exact) mass is 316 g/mol. The highest BCUT2D eigenvalue weighted by Crippen LogP contribution is 2.24. The van der Waals surface area contributed by atoms with Crippen molar-refractivity contribution >= 4 is 10.0 Å². The van der Waals surface area contributed by atoms with Crippen molar-refractivity contribution in [3.05, 3.63) is 29.6 Å². The summed E-state index contributed by atoms with van der Waals surface area (Å²) in [7, 11) is -3.79. The third kappa shape index (κ3) is 3.26. The molecule has 1 fully saturated rings. The molecule has 7 heteroatoms. The average Bonchev–Trinajstić information content (AvgIpc) is 2.47. The summed E-state index contributed by atoms with van der Waals surface area (Å²) in [4.78, 5) is 2.06. The second-order valence-electron chi connectivity index (χ2n) is 5.25. The number of piperazine rings is 1. The highest BCUT2D eigenvalue weighted by Gasteiger charge is 2.33. The van der Waals surface area contributed by atoms with E-state index in [0.29, 0.717) is 19.6 Å². The van der Waals surface area contributed by atoms with Crippen molar-refractivity contribution in [2.75, 3.05) is 26.2 Å². The molecule has 5 nitrogen and oxygen atoms in total. The van der Waals surface area contributed by atoms with Gasteiger partial charge in [0, 0.05) is 25.7 Å². The van der Waals surface area contributed by atoms with Gasteiger partial charge in [-0.05, 0) is 31.2 Å². The molecule has 1 heterocycles. The van der Waals surface area contributed by atoms with Crippen LogP contribution in [0.1, 0.15) is 19.4 Å². The van der Waals surface area contributed by atoms with E-state index in [-0.39, 0.29) is 16.5 Å². The van der Waals surface area contributed by atoms with Gasteiger partial charge in [0.1, 0.15) is 5.82 Å². The van der Waals surface area contributed by atoms with Crippen LogP contribution < -0.4 is 0 Å². The van der Waals surface area contributed by atoms with Gasteiger partial charge in [0.05, 0.1) is 11.5 Å². The van der Waals surface area contributed by atoms with Crippen molar-refractivity contribution < 1.29 is 17.9 Å². The Morgan fingerprint density at radius 2 is 2.10 bits per heavy atom. The molecule has 1 aromatic carbocycles. The van der Waals surface area contributed by atoms with Crippen molar-refractivity contribution in [3.63, 3.8) is 0 Å². The van der Waals surface area contributed by atoms with Crippen LogP contribution in [0, 0.1) is 5.82 Å². The maximum absolute atomic E-state index is 13.4. The quantitative estimate of drug-likeness (QED) is 0.901. The second kappa shape index (κ2) is 6.39. The Bertz CT molecular complexity index is 606. The topological polar surface area (TPSA) is 60.9 Å². The third-order valence-corrected chi connectivity index (χ3v) is 5.90. The first-order valence-electron chi connectivity index (χ1n) is 7.03. The fourth-order valence-corrected chi connectivity index (χ4v) is 4.43. The van der Waals surface area contributed by atoms with E-state index in [4.69, 9.17) is 0 Å². The van der Waals surface area contributed by atoms with Gasteiger partial charge in [0.15, 0.2) is 0 Å². The molecule has 2 rings (SSSR count). The molecule has 0 amide bonds. The summed E-state index contributed by atoms with van der Waals surface area (Å²) >= 11 is 0. The van der Waals surface area contributed by atoms with Crippen LogP contribution in [0.5, 0.6) is 0 Å². The molecule has 1 saturated heterocycles. The van der Waals surface area contributed by atoms with Gasteiger partial charge >= 0.3 is 0 Å². The summed E-state index contributed by atoms with van der Waals surface area (Å²) in [5.74, 6) is -0.619. The molecular formula is C14H21FN2O3S. The summed E-state index contributed by atoms with van der Waals surface area (Å²) in [5, 5.41) is 9.29. The van der Waals surface area contributed by atoms with Gasteiger partial charge in [-0.25, -0.2) is 12.8 Å². The zero-order chi connectivity index (χ0) is 15.6. The lowest BCUT2D eigenvalue weighted by Gasteiger charge is -2.38. The lowest BCUT2D eigenvalue weighted by atomic mass is 10.2. The number of hydrogen-bond donors (Lipinski definition) is 1. The van der Waals surface area contributed by atoms with Crippen LogP contribution >= 0.6 is 0 Å². The fraction of sp³-hybridized carbons (Fsp3) is 0.571. The number of aliphatic hydroxyl groups excluding tert-OH is 1. The maximum atomic E-state index is 13.4. The van der Waals surface area contributed by atoms with Crippen LogP contribution in [0.3, 0.4) is 0 Å². The largest absolute Gasteiger partial charge is 0.392 e. The van der Waals surface area contributed by atoms with Crippen LogP contribution in [-0.4, -0.2) is 55.0 Å². The highest BCUT2D eigenvalue weighted by atomic mass is 32.2. The van der Waals surface area contributed by atoms with E-state index < -0.39 is 22.4 Å². The molecule has 0 aromatic heterocycles. The molecular weight excluding hydrogens is 295 g/mol. The van der Waals surface area contributed by atoms with E-state index in [1.165, 1.54) is 10.4 Å². The van der Waals surface area contributed by atoms with Gasteiger partial charge in [-0.1, -0.05) is 13.0 Å². The maximum Gasteiger partial charge on any atom is 0.243 e. The molecule has 1 atom stereocenters. The molecule has 1 N–H and O–H groups in total. The molecule has 0 bridgehead atoms. The number of rotatable bonds is 4. The summed E-state index contributed by atoms with van der Waals surface area (Å²) in [6, 6.07) is 3.57. The summed E-state index contributed by atoms with van der Waals surface area (Å²) in [5.41, 5.74) is 0.224. The Morgan fingerprint density at radius 3 is 2.67 bits per heavy atom. The van der Waals surface area contributed by atoms with Crippen LogP contribution in [-0.2, 0) is 16.6 Å². The average molecular weight is 316 g/mol. The van der Waals surface area contributed by atoms with E-state index >= 15 is 0 Å². The van der Waals surface area contributed by atoms with Crippen molar-refractivity contribution in [1.82, 2.24) is 9.21 Å². The number of sulfonamides is 1. The van der Waals surface area contributed by atoms with Gasteiger partial charge in [0.25, 0.3) is 0 Å². The predicted molar refractivity (Wildman–Crippen MR) is 77.8 cm³/mol.